The fraction of sp³-hybridized carbons (Fsp3) is 0.231. The minimum atomic E-state index is -0.233. The molecule has 104 valence electrons. The van der Waals surface area contributed by atoms with E-state index in [-0.39, 0.29) is 11.9 Å². The van der Waals surface area contributed by atoms with Crippen molar-refractivity contribution >= 4 is 57.2 Å². The summed E-state index contributed by atoms with van der Waals surface area (Å²) in [6.45, 7) is 4.04. The van der Waals surface area contributed by atoms with Crippen LogP contribution in [0.1, 0.15) is 22.9 Å². The molecule has 0 radical (unpaired) electrons. The summed E-state index contributed by atoms with van der Waals surface area (Å²) in [7, 11) is 0. The van der Waals surface area contributed by atoms with Crippen molar-refractivity contribution in [3.63, 3.8) is 0 Å². The van der Waals surface area contributed by atoms with Gasteiger partial charge in [-0.15, -0.1) is 11.3 Å². The highest BCUT2D eigenvalue weighted by Gasteiger charge is 2.17. The Labute approximate surface area is 138 Å². The van der Waals surface area contributed by atoms with Gasteiger partial charge in [0.05, 0.1) is 20.6 Å². The monoisotopic (exact) mass is 419 g/mol. The van der Waals surface area contributed by atoms with Gasteiger partial charge in [0.15, 0.2) is 4.77 Å². The number of imidazole rings is 1. The summed E-state index contributed by atoms with van der Waals surface area (Å²) in [4.78, 5) is 8.69. The standard InChI is InChI=1S/C13H11FIN3S2/c1-6-5-16-12(20-6)7(2)18-11-3-8(14)9(15)4-10(11)17-13(18)19/h3-5,7H,1-2H3,(H,17,19). The van der Waals surface area contributed by atoms with Crippen LogP contribution in [0.25, 0.3) is 11.0 Å². The van der Waals surface area contributed by atoms with Crippen molar-refractivity contribution in [2.75, 3.05) is 0 Å². The smallest absolute Gasteiger partial charge is 0.178 e. The number of benzene rings is 1. The number of halogens is 2. The lowest BCUT2D eigenvalue weighted by molar-refractivity contribution is 0.615. The van der Waals surface area contributed by atoms with Crippen LogP contribution in [-0.2, 0) is 0 Å². The molecule has 0 saturated carbocycles. The SMILES string of the molecule is Cc1cnc(C(C)n2c(=S)[nH]c3cc(I)c(F)cc32)s1. The van der Waals surface area contributed by atoms with E-state index in [0.29, 0.717) is 8.34 Å². The zero-order chi connectivity index (χ0) is 14.4. The molecule has 2 heterocycles. The van der Waals surface area contributed by atoms with Gasteiger partial charge in [-0.25, -0.2) is 9.37 Å². The second kappa shape index (κ2) is 5.19. The van der Waals surface area contributed by atoms with Crippen molar-refractivity contribution in [3.05, 3.63) is 42.4 Å². The summed E-state index contributed by atoms with van der Waals surface area (Å²) in [5.41, 5.74) is 1.62. The van der Waals surface area contributed by atoms with Gasteiger partial charge in [-0.1, -0.05) is 0 Å². The van der Waals surface area contributed by atoms with E-state index in [4.69, 9.17) is 12.2 Å². The van der Waals surface area contributed by atoms with E-state index in [9.17, 15) is 4.39 Å². The lowest BCUT2D eigenvalue weighted by atomic mass is 10.2. The molecule has 0 aliphatic carbocycles. The zero-order valence-corrected chi connectivity index (χ0v) is 14.6. The van der Waals surface area contributed by atoms with Crippen LogP contribution in [0.3, 0.4) is 0 Å². The van der Waals surface area contributed by atoms with E-state index < -0.39 is 0 Å². The van der Waals surface area contributed by atoms with Gasteiger partial charge < -0.3 is 9.55 Å². The summed E-state index contributed by atoms with van der Waals surface area (Å²) >= 11 is 8.99. The largest absolute Gasteiger partial charge is 0.331 e. The molecule has 1 unspecified atom stereocenters. The molecule has 0 aliphatic heterocycles. The molecule has 3 nitrogen and oxygen atoms in total. The maximum Gasteiger partial charge on any atom is 0.178 e. The third-order valence-corrected chi connectivity index (χ3v) is 5.35. The minimum absolute atomic E-state index is 0.0191. The third kappa shape index (κ3) is 2.31. The molecule has 1 N–H and O–H groups in total. The molecule has 1 aromatic carbocycles. The fourth-order valence-electron chi connectivity index (χ4n) is 2.18. The molecular weight excluding hydrogens is 408 g/mol. The number of nitrogens with one attached hydrogen (secondary N) is 1. The molecule has 2 aromatic heterocycles. The summed E-state index contributed by atoms with van der Waals surface area (Å²) in [6, 6.07) is 3.28. The number of aromatic amines is 1. The first-order valence-corrected chi connectivity index (χ1v) is 8.29. The van der Waals surface area contributed by atoms with Crippen LogP contribution < -0.4 is 0 Å². The van der Waals surface area contributed by atoms with Crippen molar-refractivity contribution < 1.29 is 4.39 Å². The maximum absolute atomic E-state index is 13.8. The highest BCUT2D eigenvalue weighted by Crippen LogP contribution is 2.28. The van der Waals surface area contributed by atoms with Gasteiger partial charge in [-0.3, -0.25) is 0 Å². The van der Waals surface area contributed by atoms with E-state index in [2.05, 4.69) is 9.97 Å². The van der Waals surface area contributed by atoms with Crippen LogP contribution >= 0.6 is 46.1 Å². The number of rotatable bonds is 2. The number of hydrogen-bond acceptors (Lipinski definition) is 3. The van der Waals surface area contributed by atoms with E-state index >= 15 is 0 Å². The van der Waals surface area contributed by atoms with Crippen LogP contribution in [0.15, 0.2) is 18.3 Å². The van der Waals surface area contributed by atoms with Crippen molar-refractivity contribution in [1.29, 1.82) is 0 Å². The first-order valence-electron chi connectivity index (χ1n) is 5.99. The van der Waals surface area contributed by atoms with Gasteiger partial charge in [0.25, 0.3) is 0 Å². The molecule has 0 amide bonds. The number of nitrogens with zero attached hydrogens (tertiary/aromatic N) is 2. The number of aryl methyl sites for hydroxylation is 1. The Morgan fingerprint density at radius 3 is 2.90 bits per heavy atom. The molecule has 0 bridgehead atoms. The first-order chi connectivity index (χ1) is 9.47. The Morgan fingerprint density at radius 2 is 2.25 bits per heavy atom. The topological polar surface area (TPSA) is 33.6 Å². The van der Waals surface area contributed by atoms with Gasteiger partial charge >= 0.3 is 0 Å². The predicted molar refractivity (Wildman–Crippen MR) is 90.5 cm³/mol. The van der Waals surface area contributed by atoms with Crippen LogP contribution in [0.4, 0.5) is 4.39 Å². The summed E-state index contributed by atoms with van der Waals surface area (Å²) < 4.78 is 16.9. The number of fused-ring (bicyclic) bond motifs is 1. The van der Waals surface area contributed by atoms with Gasteiger partial charge in [0.1, 0.15) is 10.8 Å². The van der Waals surface area contributed by atoms with E-state index in [1.165, 1.54) is 6.07 Å². The fourth-order valence-corrected chi connectivity index (χ4v) is 3.83. The van der Waals surface area contributed by atoms with E-state index in [0.717, 1.165) is 20.9 Å². The average molecular weight is 419 g/mol. The second-order valence-corrected chi connectivity index (χ2v) is 7.38. The zero-order valence-electron chi connectivity index (χ0n) is 10.8. The molecule has 0 aliphatic rings. The predicted octanol–water partition coefficient (Wildman–Crippen LogP) is 4.82. The number of thiazole rings is 1. The normalized spacial score (nSPS) is 13.0. The summed E-state index contributed by atoms with van der Waals surface area (Å²) in [6.07, 6.45) is 1.85. The van der Waals surface area contributed by atoms with Crippen molar-refractivity contribution in [2.45, 2.75) is 19.9 Å². The Bertz CT molecular complexity index is 849. The first kappa shape index (κ1) is 14.2. The molecule has 3 rings (SSSR count). The number of aromatic nitrogens is 3. The van der Waals surface area contributed by atoms with Crippen molar-refractivity contribution in [2.24, 2.45) is 0 Å². The van der Waals surface area contributed by atoms with Gasteiger partial charge in [-0.05, 0) is 54.7 Å². The lowest BCUT2D eigenvalue weighted by Crippen LogP contribution is -2.06. The second-order valence-electron chi connectivity index (χ2n) is 4.57. The van der Waals surface area contributed by atoms with E-state index in [1.807, 2.05) is 47.2 Å². The minimum Gasteiger partial charge on any atom is -0.331 e. The Hall–Kier alpha value is -0.800. The Balaban J connectivity index is 2.23. The van der Waals surface area contributed by atoms with Crippen molar-refractivity contribution in [1.82, 2.24) is 14.5 Å². The molecule has 3 aromatic rings. The van der Waals surface area contributed by atoms with Gasteiger partial charge in [0.2, 0.25) is 0 Å². The highest BCUT2D eigenvalue weighted by molar-refractivity contribution is 14.1. The Kier molecular flexibility index (Phi) is 3.67. The van der Waals surface area contributed by atoms with Crippen LogP contribution in [0, 0.1) is 21.1 Å². The molecule has 0 fully saturated rings. The quantitative estimate of drug-likeness (QED) is 0.478. The van der Waals surface area contributed by atoms with Gasteiger partial charge in [-0.2, -0.15) is 0 Å². The number of hydrogen-bond donors (Lipinski definition) is 1. The van der Waals surface area contributed by atoms with Crippen molar-refractivity contribution in [3.8, 4) is 0 Å². The Morgan fingerprint density at radius 1 is 1.50 bits per heavy atom. The third-order valence-electron chi connectivity index (χ3n) is 3.14. The van der Waals surface area contributed by atoms with Crippen LogP contribution in [0.5, 0.6) is 0 Å². The lowest BCUT2D eigenvalue weighted by Gasteiger charge is -2.11. The maximum atomic E-state index is 13.8. The average Bonchev–Trinajstić information content (AvgIpc) is 2.93. The summed E-state index contributed by atoms with van der Waals surface area (Å²) in [5.74, 6) is -0.233. The molecular formula is C13H11FIN3S2. The van der Waals surface area contributed by atoms with E-state index in [1.54, 1.807) is 17.4 Å². The highest BCUT2D eigenvalue weighted by atomic mass is 127. The van der Waals surface area contributed by atoms with Gasteiger partial charge in [0, 0.05) is 17.1 Å². The van der Waals surface area contributed by atoms with Crippen LogP contribution in [-0.4, -0.2) is 14.5 Å². The molecule has 0 spiro atoms. The van der Waals surface area contributed by atoms with Crippen LogP contribution in [0.2, 0.25) is 0 Å². The molecule has 20 heavy (non-hydrogen) atoms. The molecule has 0 saturated heterocycles. The number of H-pyrrole nitrogens is 1. The molecule has 7 heteroatoms. The summed E-state index contributed by atoms with van der Waals surface area (Å²) in [5, 5.41) is 0.971. The molecule has 1 atom stereocenters.